The van der Waals surface area contributed by atoms with E-state index in [0.29, 0.717) is 6.42 Å². The molecule has 4 unspecified atom stereocenters. The number of carboxylic acid groups (broad SMARTS) is 3. The molecule has 0 heterocycles. The van der Waals surface area contributed by atoms with Gasteiger partial charge in [-0.15, -0.1) is 0 Å². The summed E-state index contributed by atoms with van der Waals surface area (Å²) in [5.41, 5.74) is 0. The molecule has 0 bridgehead atoms. The van der Waals surface area contributed by atoms with E-state index in [0.717, 1.165) is 0 Å². The molecule has 9 nitrogen and oxygen atoms in total. The molecule has 0 spiro atoms. The fraction of sp³-hybridized carbons (Fsp3) is 0.706. The monoisotopic (exact) mass is 450 g/mol. The number of nitrogens with zero attached hydrogens (tertiary/aromatic N) is 2. The number of carbonyl (C=O) groups excluding carboxylic acids is 2. The van der Waals surface area contributed by atoms with Crippen molar-refractivity contribution in [2.75, 3.05) is 19.6 Å². The molecule has 28 heavy (non-hydrogen) atoms. The van der Waals surface area contributed by atoms with Crippen LogP contribution >= 0.6 is 0 Å². The molecular weight excluding hydrogens is 422 g/mol. The number of carbonyl (C=O) groups is 3. The zero-order chi connectivity index (χ0) is 20.4. The van der Waals surface area contributed by atoms with Crippen LogP contribution in [0.1, 0.15) is 34.1 Å². The molecule has 0 aliphatic heterocycles. The van der Waals surface area contributed by atoms with Gasteiger partial charge in [-0.3, -0.25) is 14.6 Å². The Kier molecular flexibility index (Phi) is 21.7. The van der Waals surface area contributed by atoms with Gasteiger partial charge in [0.1, 0.15) is 6.04 Å². The molecule has 150 valence electrons. The first-order valence-electron chi connectivity index (χ1n) is 8.51. The van der Waals surface area contributed by atoms with Gasteiger partial charge in [-0.05, 0) is 27.2 Å². The van der Waals surface area contributed by atoms with Crippen molar-refractivity contribution in [3.05, 3.63) is 12.2 Å². The van der Waals surface area contributed by atoms with Crippen LogP contribution in [0.5, 0.6) is 0 Å². The maximum Gasteiger partial charge on any atom is 1.00 e. The minimum atomic E-state index is -1.43. The van der Waals surface area contributed by atoms with Crippen LogP contribution in [0.4, 0.5) is 0 Å². The van der Waals surface area contributed by atoms with Crippen LogP contribution in [-0.2, 0) is 14.4 Å². The van der Waals surface area contributed by atoms with Gasteiger partial charge >= 0.3 is 109 Å². The van der Waals surface area contributed by atoms with Crippen LogP contribution in [0, 0.1) is 0 Å². The Bertz CT molecular complexity index is 500. The largest absolute Gasteiger partial charge is 1.00 e. The van der Waals surface area contributed by atoms with E-state index in [9.17, 15) is 29.7 Å². The Morgan fingerprint density at radius 2 is 1.46 bits per heavy atom. The summed E-state index contributed by atoms with van der Waals surface area (Å²) in [6, 6.07) is -3.32. The van der Waals surface area contributed by atoms with E-state index in [4.69, 9.17) is 5.11 Å². The normalized spacial score (nSPS) is 15.4. The van der Waals surface area contributed by atoms with Gasteiger partial charge in [-0.25, -0.2) is 0 Å². The molecule has 0 fully saturated rings. The fourth-order valence-corrected chi connectivity index (χ4v) is 2.43. The fourth-order valence-electron chi connectivity index (χ4n) is 2.43. The van der Waals surface area contributed by atoms with E-state index in [2.05, 4.69) is 0 Å². The molecule has 0 amide bonds. The average molecular weight is 451 g/mol. The maximum atomic E-state index is 11.2. The number of allylic oxidation sites excluding steroid dienone is 1. The second-order valence-corrected chi connectivity index (χ2v) is 6.14. The van der Waals surface area contributed by atoms with E-state index < -0.39 is 42.1 Å². The summed E-state index contributed by atoms with van der Waals surface area (Å²) in [6.45, 7) is 5.90. The van der Waals surface area contributed by atoms with Crippen molar-refractivity contribution in [2.45, 2.75) is 58.3 Å². The van der Waals surface area contributed by atoms with Gasteiger partial charge in [0.05, 0.1) is 18.0 Å². The second kappa shape index (κ2) is 17.9. The van der Waals surface area contributed by atoms with E-state index >= 15 is 0 Å². The Morgan fingerprint density at radius 3 is 1.86 bits per heavy atom. The number of carboxylic acids is 3. The molecule has 0 rings (SSSR count). The first kappa shape index (κ1) is 33.9. The number of aliphatic carboxylic acids is 3. The van der Waals surface area contributed by atoms with E-state index in [1.165, 1.54) is 36.6 Å². The average Bonchev–Trinajstić information content (AvgIpc) is 2.57. The predicted molar refractivity (Wildman–Crippen MR) is 89.8 cm³/mol. The van der Waals surface area contributed by atoms with Gasteiger partial charge in [0.25, 0.3) is 0 Å². The summed E-state index contributed by atoms with van der Waals surface area (Å²) in [6.07, 6.45) is 3.07. The summed E-state index contributed by atoms with van der Waals surface area (Å²) in [5, 5.41) is 41.5. The van der Waals surface area contributed by atoms with Crippen molar-refractivity contribution in [3.63, 3.8) is 0 Å². The van der Waals surface area contributed by atoms with Crippen molar-refractivity contribution < 1.29 is 138 Å². The quantitative estimate of drug-likeness (QED) is 0.206. The summed E-state index contributed by atoms with van der Waals surface area (Å²) >= 11 is 0. The van der Waals surface area contributed by atoms with Crippen LogP contribution < -0.4 is 113 Å². The number of aliphatic hydroxyl groups is 1. The SMILES string of the molecule is CC/C=C/C(O)CN(CCN(C(C)C(=O)[O-])C(C)C(=O)O)C(C)C(=O)[O-].[K+].[K+]. The molecular formula is C17H28K2N2O7. The van der Waals surface area contributed by atoms with Crippen LogP contribution in [0.3, 0.4) is 0 Å². The molecule has 2 N–H and O–H groups in total. The summed E-state index contributed by atoms with van der Waals surface area (Å²) in [7, 11) is 0. The van der Waals surface area contributed by atoms with E-state index in [1.54, 1.807) is 6.08 Å². The zero-order valence-corrected chi connectivity index (χ0v) is 23.9. The summed E-state index contributed by atoms with van der Waals surface area (Å²) < 4.78 is 0. The summed E-state index contributed by atoms with van der Waals surface area (Å²) in [5.74, 6) is -3.98. The number of hydrogen-bond acceptors (Lipinski definition) is 8. The van der Waals surface area contributed by atoms with Gasteiger partial charge in [0.15, 0.2) is 0 Å². The van der Waals surface area contributed by atoms with Crippen LogP contribution in [0.15, 0.2) is 12.2 Å². The Hall–Kier alpha value is 1.30. The number of hydrogen-bond donors (Lipinski definition) is 2. The Morgan fingerprint density at radius 1 is 0.964 bits per heavy atom. The second-order valence-electron chi connectivity index (χ2n) is 6.14. The van der Waals surface area contributed by atoms with Crippen molar-refractivity contribution in [1.29, 1.82) is 0 Å². The molecule has 0 aromatic heterocycles. The molecule has 0 aliphatic rings. The molecule has 0 saturated heterocycles. The standard InChI is InChI=1S/C17H30N2O7.2K/c1-5-6-7-14(20)10-18(11(2)15(21)22)8-9-19(12(3)16(23)24)13(4)17(25)26;;/h6-7,11-14,20H,5,8-10H2,1-4H3,(H,21,22)(H,23,24)(H,25,26);;/q;2*+1/p-2/b7-6+;;. The topological polar surface area (TPSA) is 144 Å². The zero-order valence-electron chi connectivity index (χ0n) is 17.6. The van der Waals surface area contributed by atoms with Gasteiger partial charge in [0, 0.05) is 31.7 Å². The van der Waals surface area contributed by atoms with E-state index in [-0.39, 0.29) is 122 Å². The van der Waals surface area contributed by atoms with Crippen molar-refractivity contribution in [3.8, 4) is 0 Å². The third kappa shape index (κ3) is 12.9. The molecule has 0 aromatic rings. The van der Waals surface area contributed by atoms with Crippen LogP contribution in [-0.4, -0.2) is 81.8 Å². The number of aliphatic hydroxyl groups excluding tert-OH is 1. The molecule has 0 aliphatic carbocycles. The van der Waals surface area contributed by atoms with Crippen molar-refractivity contribution in [1.82, 2.24) is 9.80 Å². The molecule has 0 saturated carbocycles. The Balaban J connectivity index is -0.00000312. The molecule has 4 atom stereocenters. The molecule has 0 radical (unpaired) electrons. The smallest absolute Gasteiger partial charge is 0.548 e. The molecule has 0 aromatic carbocycles. The first-order chi connectivity index (χ1) is 12.0. The molecule has 11 heteroatoms. The van der Waals surface area contributed by atoms with Gasteiger partial charge < -0.3 is 30.0 Å². The maximum absolute atomic E-state index is 11.2. The Labute approximate surface area is 251 Å². The third-order valence-corrected chi connectivity index (χ3v) is 4.24. The minimum Gasteiger partial charge on any atom is -0.548 e. The summed E-state index contributed by atoms with van der Waals surface area (Å²) in [4.78, 5) is 36.2. The first-order valence-corrected chi connectivity index (χ1v) is 8.51. The number of rotatable bonds is 13. The minimum absolute atomic E-state index is 0. The van der Waals surface area contributed by atoms with Crippen molar-refractivity contribution in [2.24, 2.45) is 0 Å². The van der Waals surface area contributed by atoms with Crippen LogP contribution in [0.2, 0.25) is 0 Å². The predicted octanol–water partition coefficient (Wildman–Crippen LogP) is -8.32. The van der Waals surface area contributed by atoms with Gasteiger partial charge in [-0.1, -0.05) is 19.1 Å². The van der Waals surface area contributed by atoms with E-state index in [1.807, 2.05) is 6.92 Å². The van der Waals surface area contributed by atoms with Gasteiger partial charge in [-0.2, -0.15) is 0 Å². The third-order valence-electron chi connectivity index (χ3n) is 4.24. The van der Waals surface area contributed by atoms with Gasteiger partial charge in [0.2, 0.25) is 0 Å². The van der Waals surface area contributed by atoms with Crippen molar-refractivity contribution >= 4 is 17.9 Å². The van der Waals surface area contributed by atoms with Crippen LogP contribution in [0.25, 0.3) is 0 Å².